The molecule has 6 heteroatoms. The number of rotatable bonds is 6. The van der Waals surface area contributed by atoms with Crippen molar-refractivity contribution in [1.82, 2.24) is 15.5 Å². The molecule has 1 heterocycles. The van der Waals surface area contributed by atoms with Gasteiger partial charge in [0.15, 0.2) is 0 Å². The lowest BCUT2D eigenvalue weighted by Crippen LogP contribution is -2.38. The monoisotopic (exact) mass is 303 g/mol. The fourth-order valence-electron chi connectivity index (χ4n) is 2.06. The molecule has 6 nitrogen and oxygen atoms in total. The summed E-state index contributed by atoms with van der Waals surface area (Å²) in [4.78, 5) is 12.1. The van der Waals surface area contributed by atoms with Gasteiger partial charge in [0.2, 0.25) is 17.7 Å². The molecule has 22 heavy (non-hydrogen) atoms. The molecule has 2 rings (SSSR count). The van der Waals surface area contributed by atoms with Crippen LogP contribution in [-0.4, -0.2) is 33.4 Å². The Morgan fingerprint density at radius 3 is 2.55 bits per heavy atom. The summed E-state index contributed by atoms with van der Waals surface area (Å²) in [6.07, 6.45) is 0.182. The summed E-state index contributed by atoms with van der Waals surface area (Å²) in [6, 6.07) is 9.56. The first-order valence-electron chi connectivity index (χ1n) is 7.19. The number of benzene rings is 1. The third-order valence-corrected chi connectivity index (χ3v) is 3.15. The van der Waals surface area contributed by atoms with Crippen LogP contribution in [0.15, 0.2) is 34.7 Å². The molecule has 0 saturated carbocycles. The summed E-state index contributed by atoms with van der Waals surface area (Å²) in [6.45, 7) is 5.19. The summed E-state index contributed by atoms with van der Waals surface area (Å²) in [5, 5.41) is 20.3. The summed E-state index contributed by atoms with van der Waals surface area (Å²) < 4.78 is 5.49. The molecule has 0 bridgehead atoms. The summed E-state index contributed by atoms with van der Waals surface area (Å²) in [5.41, 5.74) is -0.0107. The van der Waals surface area contributed by atoms with E-state index in [0.29, 0.717) is 11.8 Å². The number of hydrogen-bond acceptors (Lipinski definition) is 5. The number of carbonyl (C=O) groups is 1. The van der Waals surface area contributed by atoms with Crippen LogP contribution in [0.5, 0.6) is 0 Å². The smallest absolute Gasteiger partial charge is 0.224 e. The second-order valence-electron chi connectivity index (χ2n) is 5.92. The van der Waals surface area contributed by atoms with Crippen LogP contribution in [0.25, 0.3) is 0 Å². The van der Waals surface area contributed by atoms with Crippen LogP contribution >= 0.6 is 0 Å². The Balaban J connectivity index is 2.14. The van der Waals surface area contributed by atoms with Crippen LogP contribution in [0.4, 0.5) is 0 Å². The van der Waals surface area contributed by atoms with Crippen LogP contribution < -0.4 is 5.32 Å². The molecule has 0 aliphatic heterocycles. The van der Waals surface area contributed by atoms with Crippen LogP contribution in [0.1, 0.15) is 43.5 Å². The van der Waals surface area contributed by atoms with Gasteiger partial charge < -0.3 is 14.8 Å². The molecule has 1 aromatic heterocycles. The molecule has 0 aliphatic carbocycles. The number of aliphatic hydroxyl groups is 1. The van der Waals surface area contributed by atoms with Crippen LogP contribution in [0.3, 0.4) is 0 Å². The van der Waals surface area contributed by atoms with Crippen molar-refractivity contribution in [3.05, 3.63) is 47.7 Å². The first kappa shape index (κ1) is 16.2. The Hall–Kier alpha value is -2.21. The van der Waals surface area contributed by atoms with E-state index in [0.717, 1.165) is 5.56 Å². The lowest BCUT2D eigenvalue weighted by Gasteiger charge is -2.19. The molecular weight excluding hydrogens is 282 g/mol. The lowest BCUT2D eigenvalue weighted by atomic mass is 9.95. The number of nitrogens with zero attached hydrogens (tertiary/aromatic N) is 2. The normalized spacial score (nSPS) is 12.9. The van der Waals surface area contributed by atoms with E-state index in [-0.39, 0.29) is 24.8 Å². The molecule has 1 aromatic carbocycles. The topological polar surface area (TPSA) is 88.2 Å². The molecule has 118 valence electrons. The van der Waals surface area contributed by atoms with Crippen molar-refractivity contribution < 1.29 is 14.3 Å². The van der Waals surface area contributed by atoms with Gasteiger partial charge in [0, 0.05) is 19.9 Å². The van der Waals surface area contributed by atoms with Gasteiger partial charge >= 0.3 is 0 Å². The second kappa shape index (κ2) is 6.70. The maximum absolute atomic E-state index is 12.1. The molecule has 0 saturated heterocycles. The Bertz CT molecular complexity index is 617. The quantitative estimate of drug-likeness (QED) is 0.849. The van der Waals surface area contributed by atoms with Crippen molar-refractivity contribution in [2.24, 2.45) is 0 Å². The average Bonchev–Trinajstić information content (AvgIpc) is 2.89. The zero-order valence-corrected chi connectivity index (χ0v) is 13.0. The van der Waals surface area contributed by atoms with E-state index < -0.39 is 5.60 Å². The molecule has 0 spiro atoms. The van der Waals surface area contributed by atoms with Crippen LogP contribution in [0, 0.1) is 6.92 Å². The Morgan fingerprint density at radius 2 is 2.00 bits per heavy atom. The standard InChI is InChI=1S/C16H21N3O3/c1-11-18-19-15(22-11)13(12-7-5-4-6-8-12)9-14(20)17-10-16(2,3)21/h4-8,13,21H,9-10H2,1-3H3,(H,17,20). The SMILES string of the molecule is Cc1nnc(C(CC(=O)NCC(C)(C)O)c2ccccc2)o1. The van der Waals surface area contributed by atoms with Gasteiger partial charge in [-0.3, -0.25) is 4.79 Å². The first-order valence-corrected chi connectivity index (χ1v) is 7.19. The van der Waals surface area contributed by atoms with E-state index in [1.807, 2.05) is 30.3 Å². The molecule has 2 aromatic rings. The average molecular weight is 303 g/mol. The number of amides is 1. The molecule has 0 fully saturated rings. The fourth-order valence-corrected chi connectivity index (χ4v) is 2.06. The molecular formula is C16H21N3O3. The first-order chi connectivity index (χ1) is 10.3. The van der Waals surface area contributed by atoms with E-state index in [1.54, 1.807) is 20.8 Å². The van der Waals surface area contributed by atoms with E-state index in [9.17, 15) is 9.90 Å². The lowest BCUT2D eigenvalue weighted by molar-refractivity contribution is -0.122. The molecule has 1 amide bonds. The van der Waals surface area contributed by atoms with Gasteiger partial charge in [0.05, 0.1) is 11.5 Å². The number of aryl methyl sites for hydroxylation is 1. The molecule has 2 N–H and O–H groups in total. The summed E-state index contributed by atoms with van der Waals surface area (Å²) in [7, 11) is 0. The van der Waals surface area contributed by atoms with E-state index in [1.165, 1.54) is 0 Å². The van der Waals surface area contributed by atoms with Crippen LogP contribution in [-0.2, 0) is 4.79 Å². The van der Waals surface area contributed by atoms with Crippen molar-refractivity contribution >= 4 is 5.91 Å². The van der Waals surface area contributed by atoms with Gasteiger partial charge in [0.1, 0.15) is 0 Å². The minimum Gasteiger partial charge on any atom is -0.425 e. The zero-order chi connectivity index (χ0) is 16.2. The third-order valence-electron chi connectivity index (χ3n) is 3.15. The number of hydrogen-bond donors (Lipinski definition) is 2. The minimum absolute atomic E-state index is 0.174. The van der Waals surface area contributed by atoms with Crippen LogP contribution in [0.2, 0.25) is 0 Å². The highest BCUT2D eigenvalue weighted by atomic mass is 16.4. The predicted octanol–water partition coefficient (Wildman–Crippen LogP) is 1.79. The highest BCUT2D eigenvalue weighted by molar-refractivity contribution is 5.77. The molecule has 0 aliphatic rings. The Morgan fingerprint density at radius 1 is 1.32 bits per heavy atom. The van der Waals surface area contributed by atoms with Gasteiger partial charge in [0.25, 0.3) is 0 Å². The maximum Gasteiger partial charge on any atom is 0.224 e. The fraction of sp³-hybridized carbons (Fsp3) is 0.438. The second-order valence-corrected chi connectivity index (χ2v) is 5.92. The minimum atomic E-state index is -0.945. The summed E-state index contributed by atoms with van der Waals surface area (Å²) >= 11 is 0. The van der Waals surface area contributed by atoms with Crippen molar-refractivity contribution in [2.45, 2.75) is 38.7 Å². The number of aromatic nitrogens is 2. The number of nitrogens with one attached hydrogen (secondary N) is 1. The van der Waals surface area contributed by atoms with Gasteiger partial charge in [-0.15, -0.1) is 10.2 Å². The summed E-state index contributed by atoms with van der Waals surface area (Å²) in [5.74, 6) is 0.408. The third kappa shape index (κ3) is 4.66. The van der Waals surface area contributed by atoms with Gasteiger partial charge in [-0.2, -0.15) is 0 Å². The van der Waals surface area contributed by atoms with Crippen molar-refractivity contribution in [3.8, 4) is 0 Å². The predicted molar refractivity (Wildman–Crippen MR) is 81.2 cm³/mol. The van der Waals surface area contributed by atoms with Gasteiger partial charge in [-0.1, -0.05) is 30.3 Å². The van der Waals surface area contributed by atoms with Gasteiger partial charge in [-0.25, -0.2) is 0 Å². The molecule has 1 atom stereocenters. The van der Waals surface area contributed by atoms with Gasteiger partial charge in [-0.05, 0) is 19.4 Å². The van der Waals surface area contributed by atoms with Crippen molar-refractivity contribution in [1.29, 1.82) is 0 Å². The molecule has 1 unspecified atom stereocenters. The number of carbonyl (C=O) groups excluding carboxylic acids is 1. The Labute approximate surface area is 129 Å². The Kier molecular flexibility index (Phi) is 4.92. The van der Waals surface area contributed by atoms with E-state index in [4.69, 9.17) is 4.42 Å². The van der Waals surface area contributed by atoms with E-state index >= 15 is 0 Å². The van der Waals surface area contributed by atoms with Crippen molar-refractivity contribution in [2.75, 3.05) is 6.54 Å². The van der Waals surface area contributed by atoms with Crippen molar-refractivity contribution in [3.63, 3.8) is 0 Å². The largest absolute Gasteiger partial charge is 0.425 e. The highest BCUT2D eigenvalue weighted by Gasteiger charge is 2.24. The van der Waals surface area contributed by atoms with E-state index in [2.05, 4.69) is 15.5 Å². The highest BCUT2D eigenvalue weighted by Crippen LogP contribution is 2.26. The maximum atomic E-state index is 12.1. The molecule has 0 radical (unpaired) electrons. The zero-order valence-electron chi connectivity index (χ0n) is 13.0.